The number of unbranched alkanes of at least 4 members (excludes halogenated alkanes) is 1. The highest BCUT2D eigenvalue weighted by Crippen LogP contribution is 2.35. The van der Waals surface area contributed by atoms with Gasteiger partial charge in [0.05, 0.1) is 10.6 Å². The van der Waals surface area contributed by atoms with Gasteiger partial charge in [-0.05, 0) is 30.8 Å². The number of nitrogens with one attached hydrogen (secondary N) is 1. The van der Waals surface area contributed by atoms with Crippen molar-refractivity contribution in [2.45, 2.75) is 26.2 Å². The Labute approximate surface area is 149 Å². The van der Waals surface area contributed by atoms with Gasteiger partial charge in [-0.25, -0.2) is 0 Å². The van der Waals surface area contributed by atoms with Crippen LogP contribution in [0.15, 0.2) is 29.3 Å². The lowest BCUT2D eigenvalue weighted by Gasteiger charge is -2.06. The number of aromatic nitrogens is 1. The summed E-state index contributed by atoms with van der Waals surface area (Å²) in [6.45, 7) is 2.02. The number of allylic oxidation sites excluding steroid dienone is 1. The predicted octanol–water partition coefficient (Wildman–Crippen LogP) is 4.50. The number of para-hydroxylation sites is 1. The molecule has 3 rings (SSSR count). The van der Waals surface area contributed by atoms with E-state index in [0.29, 0.717) is 15.3 Å². The summed E-state index contributed by atoms with van der Waals surface area (Å²) < 4.78 is 1.66. The standard InChI is InChI=1S/C17H17N3O2S2/c1-2-3-8-15(21)19-20-16(22)14(24-17(20)23)9-11-10-18-13-7-5-4-6-12(11)13/h4-7,9-10,22H,2-3,8H2,1H3,(H,19,21)/b11-9-. The van der Waals surface area contributed by atoms with Crippen LogP contribution in [-0.2, 0) is 4.79 Å². The first-order valence-corrected chi connectivity index (χ1v) is 8.92. The first-order chi connectivity index (χ1) is 11.6. The molecule has 7 heteroatoms. The van der Waals surface area contributed by atoms with E-state index in [0.717, 1.165) is 29.7 Å². The molecule has 0 bridgehead atoms. The van der Waals surface area contributed by atoms with E-state index in [1.54, 1.807) is 6.21 Å². The van der Waals surface area contributed by atoms with Gasteiger partial charge < -0.3 is 5.11 Å². The van der Waals surface area contributed by atoms with Gasteiger partial charge in [0.25, 0.3) is 0 Å². The van der Waals surface area contributed by atoms with Gasteiger partial charge in [0.2, 0.25) is 11.8 Å². The van der Waals surface area contributed by atoms with E-state index in [2.05, 4.69) is 10.4 Å². The number of rotatable bonds is 5. The Morgan fingerprint density at radius 3 is 3.04 bits per heavy atom. The minimum absolute atomic E-state index is 0.0554. The van der Waals surface area contributed by atoms with Crippen LogP contribution in [0.1, 0.15) is 36.6 Å². The van der Waals surface area contributed by atoms with Crippen molar-refractivity contribution >= 4 is 53.0 Å². The summed E-state index contributed by atoms with van der Waals surface area (Å²) in [5.74, 6) is -0.215. The Morgan fingerprint density at radius 2 is 2.25 bits per heavy atom. The number of carbonyl (C=O) groups excluding carboxylic acids is 1. The highest BCUT2D eigenvalue weighted by molar-refractivity contribution is 7.73. The molecule has 1 aromatic heterocycles. The second-order valence-corrected chi connectivity index (χ2v) is 7.08. The van der Waals surface area contributed by atoms with Crippen molar-refractivity contribution in [3.8, 4) is 5.88 Å². The maximum atomic E-state index is 11.9. The average Bonchev–Trinajstić information content (AvgIpc) is 3.10. The molecule has 0 spiro atoms. The molecular formula is C17H17N3O2S2. The molecule has 2 heterocycles. The molecule has 0 saturated carbocycles. The minimum Gasteiger partial charge on any atom is -0.492 e. The third-order valence-corrected chi connectivity index (χ3v) is 4.96. The lowest BCUT2D eigenvalue weighted by atomic mass is 10.1. The van der Waals surface area contributed by atoms with Crippen molar-refractivity contribution in [1.82, 2.24) is 4.68 Å². The molecule has 0 saturated heterocycles. The third-order valence-electron chi connectivity index (χ3n) is 3.65. The summed E-state index contributed by atoms with van der Waals surface area (Å²) in [5.41, 5.74) is 5.46. The largest absolute Gasteiger partial charge is 0.492 e. The van der Waals surface area contributed by atoms with Crippen molar-refractivity contribution < 1.29 is 9.90 Å². The number of fused-ring (bicyclic) bond motifs is 1. The lowest BCUT2D eigenvalue weighted by molar-refractivity contribution is -0.117. The molecule has 0 radical (unpaired) electrons. The smallest absolute Gasteiger partial charge is 0.238 e. The van der Waals surface area contributed by atoms with Gasteiger partial charge in [0.1, 0.15) is 0 Å². The SMILES string of the molecule is CCCCC(=O)Nn1c(O)c(/C=C2/C=Nc3ccccc32)sc1=S. The molecular weight excluding hydrogens is 342 g/mol. The maximum absolute atomic E-state index is 11.9. The van der Waals surface area contributed by atoms with E-state index >= 15 is 0 Å². The van der Waals surface area contributed by atoms with Crippen molar-refractivity contribution in [3.05, 3.63) is 38.7 Å². The number of aliphatic imine (C=N–C) groups is 1. The van der Waals surface area contributed by atoms with Gasteiger partial charge in [0.15, 0.2) is 3.95 Å². The number of carbonyl (C=O) groups is 1. The minimum atomic E-state index is -0.159. The topological polar surface area (TPSA) is 66.6 Å². The van der Waals surface area contributed by atoms with Crippen LogP contribution in [0.4, 0.5) is 5.69 Å². The monoisotopic (exact) mass is 359 g/mol. The molecule has 5 nitrogen and oxygen atoms in total. The fraction of sp³-hybridized carbons (Fsp3) is 0.235. The van der Waals surface area contributed by atoms with E-state index in [1.165, 1.54) is 16.0 Å². The van der Waals surface area contributed by atoms with Crippen LogP contribution >= 0.6 is 23.6 Å². The molecule has 0 atom stereocenters. The normalized spacial score (nSPS) is 14.1. The van der Waals surface area contributed by atoms with Gasteiger partial charge in [-0.1, -0.05) is 42.9 Å². The molecule has 24 heavy (non-hydrogen) atoms. The number of hydrogen-bond acceptors (Lipinski definition) is 5. The number of nitrogens with zero attached hydrogens (tertiary/aromatic N) is 2. The van der Waals surface area contributed by atoms with Crippen molar-refractivity contribution in [2.24, 2.45) is 4.99 Å². The zero-order valence-electron chi connectivity index (χ0n) is 13.2. The van der Waals surface area contributed by atoms with E-state index < -0.39 is 0 Å². The summed E-state index contributed by atoms with van der Waals surface area (Å²) in [5, 5.41) is 10.4. The number of benzene rings is 1. The quantitative estimate of drug-likeness (QED) is 0.772. The molecule has 124 valence electrons. The molecule has 1 aliphatic heterocycles. The Hall–Kier alpha value is -2.25. The summed E-state index contributed by atoms with van der Waals surface area (Å²) >= 11 is 6.50. The molecule has 1 aromatic carbocycles. The van der Waals surface area contributed by atoms with Crippen molar-refractivity contribution in [3.63, 3.8) is 0 Å². The fourth-order valence-electron chi connectivity index (χ4n) is 2.39. The van der Waals surface area contributed by atoms with Crippen LogP contribution in [-0.4, -0.2) is 21.9 Å². The Kier molecular flexibility index (Phi) is 4.92. The second kappa shape index (κ2) is 7.11. The average molecular weight is 359 g/mol. The van der Waals surface area contributed by atoms with Crippen LogP contribution in [0.3, 0.4) is 0 Å². The predicted molar refractivity (Wildman–Crippen MR) is 101 cm³/mol. The van der Waals surface area contributed by atoms with Crippen molar-refractivity contribution in [2.75, 3.05) is 5.43 Å². The van der Waals surface area contributed by atoms with Crippen LogP contribution < -0.4 is 5.43 Å². The Morgan fingerprint density at radius 1 is 1.46 bits per heavy atom. The van der Waals surface area contributed by atoms with Gasteiger partial charge >= 0.3 is 0 Å². The van der Waals surface area contributed by atoms with Crippen LogP contribution in [0, 0.1) is 3.95 Å². The highest BCUT2D eigenvalue weighted by Gasteiger charge is 2.16. The van der Waals surface area contributed by atoms with Gasteiger partial charge in [0, 0.05) is 23.8 Å². The molecule has 0 aliphatic carbocycles. The van der Waals surface area contributed by atoms with Gasteiger partial charge in [-0.3, -0.25) is 15.2 Å². The number of hydrogen-bond donors (Lipinski definition) is 2. The molecule has 2 aromatic rings. The zero-order chi connectivity index (χ0) is 17.1. The molecule has 1 amide bonds. The first kappa shape index (κ1) is 16.6. The molecule has 2 N–H and O–H groups in total. The highest BCUT2D eigenvalue weighted by atomic mass is 32.1. The second-order valence-electron chi connectivity index (χ2n) is 5.40. The number of aromatic hydroxyl groups is 1. The molecule has 0 fully saturated rings. The summed E-state index contributed by atoms with van der Waals surface area (Å²) in [7, 11) is 0. The van der Waals surface area contributed by atoms with Crippen LogP contribution in [0.25, 0.3) is 11.6 Å². The summed E-state index contributed by atoms with van der Waals surface area (Å²) in [4.78, 5) is 16.8. The summed E-state index contributed by atoms with van der Waals surface area (Å²) in [6, 6.07) is 7.80. The van der Waals surface area contributed by atoms with E-state index in [1.807, 2.05) is 37.3 Å². The third kappa shape index (κ3) is 3.32. The Balaban J connectivity index is 1.88. The van der Waals surface area contributed by atoms with E-state index in [9.17, 15) is 9.90 Å². The number of amides is 1. The fourth-order valence-corrected chi connectivity index (χ4v) is 3.57. The Bertz CT molecular complexity index is 893. The van der Waals surface area contributed by atoms with Crippen LogP contribution in [0.5, 0.6) is 5.88 Å². The first-order valence-electron chi connectivity index (χ1n) is 7.70. The van der Waals surface area contributed by atoms with Gasteiger partial charge in [-0.15, -0.1) is 0 Å². The lowest BCUT2D eigenvalue weighted by Crippen LogP contribution is -2.22. The summed E-state index contributed by atoms with van der Waals surface area (Å²) in [6.07, 6.45) is 5.74. The van der Waals surface area contributed by atoms with Crippen molar-refractivity contribution in [1.29, 1.82) is 0 Å². The molecule has 1 aliphatic rings. The van der Waals surface area contributed by atoms with E-state index in [4.69, 9.17) is 12.2 Å². The van der Waals surface area contributed by atoms with E-state index in [-0.39, 0.29) is 11.8 Å². The zero-order valence-corrected chi connectivity index (χ0v) is 14.8. The number of thiazole rings is 1. The van der Waals surface area contributed by atoms with Crippen LogP contribution in [0.2, 0.25) is 0 Å². The van der Waals surface area contributed by atoms with Gasteiger partial charge in [-0.2, -0.15) is 4.68 Å². The maximum Gasteiger partial charge on any atom is 0.238 e. The molecule has 0 unspecified atom stereocenters.